The Balaban J connectivity index is 1.74. The normalized spacial score (nSPS) is 24.5. The molecule has 2 fully saturated rings. The van der Waals surface area contributed by atoms with E-state index in [4.69, 9.17) is 4.74 Å². The van der Waals surface area contributed by atoms with Gasteiger partial charge in [0.2, 0.25) is 0 Å². The van der Waals surface area contributed by atoms with E-state index in [2.05, 4.69) is 12.2 Å². The first kappa shape index (κ1) is 14.3. The molecule has 0 radical (unpaired) electrons. The molecule has 1 saturated heterocycles. The first-order chi connectivity index (χ1) is 8.88. The van der Waals surface area contributed by atoms with Gasteiger partial charge >= 0.3 is 0 Å². The highest BCUT2D eigenvalue weighted by Gasteiger charge is 2.23. The van der Waals surface area contributed by atoms with Crippen LogP contribution in [0.3, 0.4) is 0 Å². The van der Waals surface area contributed by atoms with E-state index in [1.807, 2.05) is 0 Å². The van der Waals surface area contributed by atoms with Crippen LogP contribution < -0.4 is 5.32 Å². The van der Waals surface area contributed by atoms with Gasteiger partial charge in [0, 0.05) is 19.3 Å². The van der Waals surface area contributed by atoms with E-state index in [-0.39, 0.29) is 0 Å². The zero-order valence-electron chi connectivity index (χ0n) is 12.1. The van der Waals surface area contributed by atoms with Crippen molar-refractivity contribution in [1.82, 2.24) is 5.32 Å². The highest BCUT2D eigenvalue weighted by molar-refractivity contribution is 4.79. The van der Waals surface area contributed by atoms with Crippen LogP contribution >= 0.6 is 0 Å². The lowest BCUT2D eigenvalue weighted by molar-refractivity contribution is 0.0595. The van der Waals surface area contributed by atoms with E-state index in [0.717, 1.165) is 31.1 Å². The Hall–Kier alpha value is -0.0800. The van der Waals surface area contributed by atoms with E-state index < -0.39 is 0 Å². The summed E-state index contributed by atoms with van der Waals surface area (Å²) in [5.41, 5.74) is 0. The zero-order chi connectivity index (χ0) is 12.6. The molecule has 18 heavy (non-hydrogen) atoms. The standard InChI is InChI=1S/C16H31NO/c1-2-9-17-16(12-14-5-3-4-6-14)13-15-7-10-18-11-8-15/h14-17H,2-13H2,1H3. The summed E-state index contributed by atoms with van der Waals surface area (Å²) in [6, 6.07) is 0.774. The number of hydrogen-bond donors (Lipinski definition) is 1. The summed E-state index contributed by atoms with van der Waals surface area (Å²) in [4.78, 5) is 0. The number of nitrogens with one attached hydrogen (secondary N) is 1. The summed E-state index contributed by atoms with van der Waals surface area (Å²) >= 11 is 0. The second-order valence-electron chi connectivity index (χ2n) is 6.33. The Morgan fingerprint density at radius 1 is 1.00 bits per heavy atom. The van der Waals surface area contributed by atoms with Crippen LogP contribution in [0.2, 0.25) is 0 Å². The summed E-state index contributed by atoms with van der Waals surface area (Å²) in [6.07, 6.45) is 12.6. The third-order valence-electron chi connectivity index (χ3n) is 4.73. The topological polar surface area (TPSA) is 21.3 Å². The molecule has 106 valence electrons. The quantitative estimate of drug-likeness (QED) is 0.746. The highest BCUT2D eigenvalue weighted by Crippen LogP contribution is 2.31. The predicted octanol–water partition coefficient (Wildman–Crippen LogP) is 3.75. The molecule has 1 aliphatic carbocycles. The van der Waals surface area contributed by atoms with Gasteiger partial charge in [-0.05, 0) is 50.5 Å². The van der Waals surface area contributed by atoms with Crippen molar-refractivity contribution in [1.29, 1.82) is 0 Å². The van der Waals surface area contributed by atoms with Gasteiger partial charge in [-0.2, -0.15) is 0 Å². The van der Waals surface area contributed by atoms with Gasteiger partial charge in [0.15, 0.2) is 0 Å². The highest BCUT2D eigenvalue weighted by atomic mass is 16.5. The third kappa shape index (κ3) is 4.89. The maximum Gasteiger partial charge on any atom is 0.0468 e. The molecule has 1 aliphatic heterocycles. The van der Waals surface area contributed by atoms with E-state index in [1.54, 1.807) is 0 Å². The fraction of sp³-hybridized carbons (Fsp3) is 1.00. The zero-order valence-corrected chi connectivity index (χ0v) is 12.1. The van der Waals surface area contributed by atoms with Crippen LogP contribution in [0.15, 0.2) is 0 Å². The van der Waals surface area contributed by atoms with Crippen LogP contribution in [0.25, 0.3) is 0 Å². The molecule has 0 spiro atoms. The molecule has 2 aliphatic rings. The van der Waals surface area contributed by atoms with Crippen molar-refractivity contribution >= 4 is 0 Å². The predicted molar refractivity (Wildman–Crippen MR) is 76.8 cm³/mol. The fourth-order valence-corrected chi connectivity index (χ4v) is 3.64. The molecule has 1 saturated carbocycles. The van der Waals surface area contributed by atoms with E-state index in [1.165, 1.54) is 64.3 Å². The van der Waals surface area contributed by atoms with Gasteiger partial charge in [-0.1, -0.05) is 32.6 Å². The molecule has 0 aromatic rings. The number of ether oxygens (including phenoxy) is 1. The molecule has 0 amide bonds. The van der Waals surface area contributed by atoms with Crippen molar-refractivity contribution in [2.24, 2.45) is 11.8 Å². The molecule has 0 aromatic carbocycles. The minimum atomic E-state index is 0.774. The minimum absolute atomic E-state index is 0.774. The summed E-state index contributed by atoms with van der Waals surface area (Å²) in [7, 11) is 0. The molecule has 2 heteroatoms. The maximum atomic E-state index is 5.48. The van der Waals surface area contributed by atoms with Crippen LogP contribution in [-0.4, -0.2) is 25.8 Å². The third-order valence-corrected chi connectivity index (χ3v) is 4.73. The average Bonchev–Trinajstić information content (AvgIpc) is 2.90. The van der Waals surface area contributed by atoms with Gasteiger partial charge in [0.05, 0.1) is 0 Å². The van der Waals surface area contributed by atoms with Gasteiger partial charge in [-0.15, -0.1) is 0 Å². The van der Waals surface area contributed by atoms with Crippen molar-refractivity contribution in [2.75, 3.05) is 19.8 Å². The fourth-order valence-electron chi connectivity index (χ4n) is 3.64. The van der Waals surface area contributed by atoms with Crippen molar-refractivity contribution in [3.63, 3.8) is 0 Å². The van der Waals surface area contributed by atoms with Crippen LogP contribution in [-0.2, 0) is 4.74 Å². The second kappa shape index (κ2) is 8.16. The SMILES string of the molecule is CCCNC(CC1CCCC1)CC1CCOCC1. The van der Waals surface area contributed by atoms with Gasteiger partial charge in [-0.25, -0.2) is 0 Å². The van der Waals surface area contributed by atoms with Crippen LogP contribution in [0.4, 0.5) is 0 Å². The van der Waals surface area contributed by atoms with Gasteiger partial charge < -0.3 is 10.1 Å². The Labute approximate surface area is 113 Å². The minimum Gasteiger partial charge on any atom is -0.381 e. The lowest BCUT2D eigenvalue weighted by Gasteiger charge is -2.29. The maximum absolute atomic E-state index is 5.48. The monoisotopic (exact) mass is 253 g/mol. The van der Waals surface area contributed by atoms with E-state index in [0.29, 0.717) is 0 Å². The molecular formula is C16H31NO. The second-order valence-corrected chi connectivity index (χ2v) is 6.33. The Morgan fingerprint density at radius 3 is 2.22 bits per heavy atom. The summed E-state index contributed by atoms with van der Waals surface area (Å²) in [6.45, 7) is 5.46. The molecule has 1 atom stereocenters. The van der Waals surface area contributed by atoms with Crippen molar-refractivity contribution in [3.8, 4) is 0 Å². The Morgan fingerprint density at radius 2 is 1.61 bits per heavy atom. The van der Waals surface area contributed by atoms with E-state index in [9.17, 15) is 0 Å². The Kier molecular flexibility index (Phi) is 6.50. The molecule has 0 bridgehead atoms. The lowest BCUT2D eigenvalue weighted by Crippen LogP contribution is -2.34. The van der Waals surface area contributed by atoms with Gasteiger partial charge in [0.25, 0.3) is 0 Å². The summed E-state index contributed by atoms with van der Waals surface area (Å²) in [5, 5.41) is 3.80. The first-order valence-electron chi connectivity index (χ1n) is 8.19. The van der Waals surface area contributed by atoms with Crippen LogP contribution in [0, 0.1) is 11.8 Å². The van der Waals surface area contributed by atoms with Crippen LogP contribution in [0.5, 0.6) is 0 Å². The van der Waals surface area contributed by atoms with Crippen LogP contribution in [0.1, 0.15) is 64.7 Å². The van der Waals surface area contributed by atoms with Gasteiger partial charge in [-0.3, -0.25) is 0 Å². The molecule has 1 unspecified atom stereocenters. The largest absolute Gasteiger partial charge is 0.381 e. The van der Waals surface area contributed by atoms with Gasteiger partial charge in [0.1, 0.15) is 0 Å². The summed E-state index contributed by atoms with van der Waals surface area (Å²) < 4.78 is 5.48. The molecule has 1 N–H and O–H groups in total. The first-order valence-corrected chi connectivity index (χ1v) is 8.19. The molecule has 0 aromatic heterocycles. The summed E-state index contributed by atoms with van der Waals surface area (Å²) in [5.74, 6) is 1.92. The lowest BCUT2D eigenvalue weighted by atomic mass is 9.87. The van der Waals surface area contributed by atoms with Crippen molar-refractivity contribution < 1.29 is 4.74 Å². The van der Waals surface area contributed by atoms with Crippen molar-refractivity contribution in [3.05, 3.63) is 0 Å². The van der Waals surface area contributed by atoms with Crippen molar-refractivity contribution in [2.45, 2.75) is 70.8 Å². The molecular weight excluding hydrogens is 222 g/mol. The molecule has 2 rings (SSSR count). The Bertz CT molecular complexity index is 207. The number of rotatable bonds is 7. The number of hydrogen-bond acceptors (Lipinski definition) is 2. The average molecular weight is 253 g/mol. The molecule has 1 heterocycles. The molecule has 2 nitrogen and oxygen atoms in total. The van der Waals surface area contributed by atoms with E-state index >= 15 is 0 Å². The smallest absolute Gasteiger partial charge is 0.0468 e.